The van der Waals surface area contributed by atoms with Crippen LogP contribution in [0.2, 0.25) is 5.02 Å². The number of amides is 1. The van der Waals surface area contributed by atoms with E-state index in [-0.39, 0.29) is 11.7 Å². The number of carbonyl (C=O) groups excluding carboxylic acids is 1. The highest BCUT2D eigenvalue weighted by Crippen LogP contribution is 2.25. The molecular weight excluding hydrogens is 284 g/mol. The monoisotopic (exact) mass is 296 g/mol. The molecule has 0 bridgehead atoms. The lowest BCUT2D eigenvalue weighted by Gasteiger charge is -2.08. The molecule has 1 aromatic heterocycles. The predicted molar refractivity (Wildman–Crippen MR) is 78.7 cm³/mol. The normalized spacial score (nSPS) is 10.4. The maximum Gasteiger partial charge on any atom is 0.234 e. The molecule has 0 aliphatic carbocycles. The quantitative estimate of drug-likeness (QED) is 0.669. The van der Waals surface area contributed by atoms with Gasteiger partial charge in [0.15, 0.2) is 0 Å². The average molecular weight is 297 g/mol. The summed E-state index contributed by atoms with van der Waals surface area (Å²) in [5.74, 6) is 0.950. The minimum Gasteiger partial charge on any atom is -0.468 e. The number of anilines is 2. The molecule has 1 aromatic carbocycles. The number of halogens is 1. The molecule has 1 amide bonds. The molecule has 4 nitrogen and oxygen atoms in total. The maximum atomic E-state index is 11.8. The van der Waals surface area contributed by atoms with Crippen LogP contribution in [0.5, 0.6) is 0 Å². The van der Waals surface area contributed by atoms with E-state index in [9.17, 15) is 4.79 Å². The molecule has 0 unspecified atom stereocenters. The van der Waals surface area contributed by atoms with Gasteiger partial charge in [-0.05, 0) is 31.2 Å². The van der Waals surface area contributed by atoms with Gasteiger partial charge in [0.05, 0.1) is 23.4 Å². The number of hydrogen-bond donors (Lipinski definition) is 2. The lowest BCUT2D eigenvalue weighted by atomic mass is 10.2. The third kappa shape index (κ3) is 3.68. The summed E-state index contributed by atoms with van der Waals surface area (Å²) < 4.78 is 5.16. The van der Waals surface area contributed by atoms with Crippen molar-refractivity contribution in [2.45, 2.75) is 11.8 Å². The topological polar surface area (TPSA) is 68.3 Å². The van der Waals surface area contributed by atoms with E-state index >= 15 is 0 Å². The van der Waals surface area contributed by atoms with Gasteiger partial charge in [-0.2, -0.15) is 0 Å². The van der Waals surface area contributed by atoms with Crippen molar-refractivity contribution in [1.82, 2.24) is 0 Å². The second kappa shape index (κ2) is 6.04. The summed E-state index contributed by atoms with van der Waals surface area (Å²) in [5.41, 5.74) is 6.78. The Morgan fingerprint density at radius 2 is 2.26 bits per heavy atom. The highest BCUT2D eigenvalue weighted by molar-refractivity contribution is 8.00. The van der Waals surface area contributed by atoms with E-state index in [2.05, 4.69) is 5.32 Å². The van der Waals surface area contributed by atoms with Crippen molar-refractivity contribution < 1.29 is 9.21 Å². The molecule has 2 aromatic rings. The Kier molecular flexibility index (Phi) is 4.39. The molecule has 0 aliphatic heterocycles. The Bertz CT molecular complexity index is 598. The number of hydrogen-bond acceptors (Lipinski definition) is 4. The van der Waals surface area contributed by atoms with Crippen molar-refractivity contribution in [3.05, 3.63) is 41.3 Å². The molecule has 19 heavy (non-hydrogen) atoms. The molecule has 1 heterocycles. The van der Waals surface area contributed by atoms with Gasteiger partial charge in [0.2, 0.25) is 5.91 Å². The number of furan rings is 1. The Balaban J connectivity index is 1.94. The number of thioether (sulfide) groups is 1. The predicted octanol–water partition coefficient (Wildman–Crippen LogP) is 3.55. The van der Waals surface area contributed by atoms with Crippen LogP contribution in [-0.2, 0) is 4.79 Å². The highest BCUT2D eigenvalue weighted by atomic mass is 35.5. The summed E-state index contributed by atoms with van der Waals surface area (Å²) in [4.78, 5) is 12.8. The minimum absolute atomic E-state index is 0.139. The zero-order chi connectivity index (χ0) is 13.8. The molecular formula is C13H13ClN2O2S. The van der Waals surface area contributed by atoms with Gasteiger partial charge in [0.25, 0.3) is 0 Å². The highest BCUT2D eigenvalue weighted by Gasteiger charge is 2.09. The van der Waals surface area contributed by atoms with Crippen molar-refractivity contribution in [1.29, 1.82) is 0 Å². The van der Waals surface area contributed by atoms with E-state index < -0.39 is 0 Å². The molecule has 100 valence electrons. The van der Waals surface area contributed by atoms with Crippen LogP contribution in [0.3, 0.4) is 0 Å². The molecule has 3 N–H and O–H groups in total. The fraction of sp³-hybridized carbons (Fsp3) is 0.154. The van der Waals surface area contributed by atoms with Crippen LogP contribution in [0, 0.1) is 6.92 Å². The number of rotatable bonds is 4. The third-order valence-corrected chi connectivity index (χ3v) is 3.84. The van der Waals surface area contributed by atoms with Crippen molar-refractivity contribution >= 4 is 40.6 Å². The van der Waals surface area contributed by atoms with Crippen LogP contribution in [0.1, 0.15) is 5.76 Å². The molecule has 0 saturated heterocycles. The summed E-state index contributed by atoms with van der Waals surface area (Å²) in [6.07, 6.45) is 1.60. The Hall–Kier alpha value is -1.59. The molecule has 0 spiro atoms. The zero-order valence-electron chi connectivity index (χ0n) is 10.3. The fourth-order valence-corrected chi connectivity index (χ4v) is 2.42. The summed E-state index contributed by atoms with van der Waals surface area (Å²) >= 11 is 7.27. The van der Waals surface area contributed by atoms with Crippen LogP contribution in [0.15, 0.2) is 39.8 Å². The molecule has 6 heteroatoms. The molecule has 0 aliphatic rings. The molecule has 0 atom stereocenters. The molecule has 0 radical (unpaired) electrons. The van der Waals surface area contributed by atoms with E-state index in [1.165, 1.54) is 11.8 Å². The maximum absolute atomic E-state index is 11.8. The van der Waals surface area contributed by atoms with Gasteiger partial charge in [-0.3, -0.25) is 4.79 Å². The summed E-state index contributed by atoms with van der Waals surface area (Å²) in [6, 6.07) is 6.80. The van der Waals surface area contributed by atoms with Crippen molar-refractivity contribution in [3.63, 3.8) is 0 Å². The number of nitrogens with two attached hydrogens (primary N) is 1. The zero-order valence-corrected chi connectivity index (χ0v) is 11.8. The van der Waals surface area contributed by atoms with E-state index in [0.717, 1.165) is 10.7 Å². The average Bonchev–Trinajstić information content (AvgIpc) is 2.77. The van der Waals surface area contributed by atoms with Gasteiger partial charge < -0.3 is 15.5 Å². The van der Waals surface area contributed by atoms with Crippen molar-refractivity contribution in [3.8, 4) is 0 Å². The van der Waals surface area contributed by atoms with Gasteiger partial charge in [-0.15, -0.1) is 11.8 Å². The summed E-state index contributed by atoms with van der Waals surface area (Å²) in [6.45, 7) is 1.86. The number of aryl methyl sites for hydroxylation is 1. The van der Waals surface area contributed by atoms with Crippen LogP contribution >= 0.6 is 23.4 Å². The first-order valence-electron chi connectivity index (χ1n) is 5.58. The third-order valence-electron chi connectivity index (χ3n) is 2.46. The first kappa shape index (κ1) is 13.8. The van der Waals surface area contributed by atoms with E-state index in [0.29, 0.717) is 16.4 Å². The number of nitrogens with one attached hydrogen (secondary N) is 1. The van der Waals surface area contributed by atoms with Gasteiger partial charge in [0.1, 0.15) is 5.76 Å². The van der Waals surface area contributed by atoms with Crippen LogP contribution in [0.4, 0.5) is 11.4 Å². The summed E-state index contributed by atoms with van der Waals surface area (Å²) in [5, 5.41) is 3.26. The van der Waals surface area contributed by atoms with Crippen molar-refractivity contribution in [2.24, 2.45) is 0 Å². The SMILES string of the molecule is Cc1occc1SCC(=O)Nc1cc(Cl)ccc1N. The number of benzene rings is 1. The second-order valence-corrected chi connectivity index (χ2v) is 5.36. The smallest absolute Gasteiger partial charge is 0.234 e. The first-order valence-corrected chi connectivity index (χ1v) is 6.94. The van der Waals surface area contributed by atoms with Gasteiger partial charge >= 0.3 is 0 Å². The van der Waals surface area contributed by atoms with Gasteiger partial charge in [0, 0.05) is 9.92 Å². The number of nitrogen functional groups attached to an aromatic ring is 1. The van der Waals surface area contributed by atoms with E-state index in [4.69, 9.17) is 21.8 Å². The lowest BCUT2D eigenvalue weighted by Crippen LogP contribution is -2.15. The van der Waals surface area contributed by atoms with Crippen LogP contribution in [0.25, 0.3) is 0 Å². The molecule has 2 rings (SSSR count). The minimum atomic E-state index is -0.139. The van der Waals surface area contributed by atoms with Crippen molar-refractivity contribution in [2.75, 3.05) is 16.8 Å². The fourth-order valence-electron chi connectivity index (χ4n) is 1.49. The number of carbonyl (C=O) groups is 1. The largest absolute Gasteiger partial charge is 0.468 e. The van der Waals surface area contributed by atoms with Gasteiger partial charge in [-0.1, -0.05) is 11.6 Å². The van der Waals surface area contributed by atoms with Crippen LogP contribution in [-0.4, -0.2) is 11.7 Å². The Labute approximate surface area is 120 Å². The Morgan fingerprint density at radius 3 is 2.95 bits per heavy atom. The van der Waals surface area contributed by atoms with E-state index in [1.807, 2.05) is 13.0 Å². The lowest BCUT2D eigenvalue weighted by molar-refractivity contribution is -0.113. The Morgan fingerprint density at radius 1 is 1.47 bits per heavy atom. The standard InChI is InChI=1S/C13H13ClN2O2S/c1-8-12(4-5-18-8)19-7-13(17)16-11-6-9(14)2-3-10(11)15/h2-6H,7,15H2,1H3,(H,16,17). The van der Waals surface area contributed by atoms with E-state index in [1.54, 1.807) is 24.5 Å². The van der Waals surface area contributed by atoms with Crippen LogP contribution < -0.4 is 11.1 Å². The molecule has 0 saturated carbocycles. The second-order valence-electron chi connectivity index (χ2n) is 3.91. The van der Waals surface area contributed by atoms with Gasteiger partial charge in [-0.25, -0.2) is 0 Å². The first-order chi connectivity index (χ1) is 9.06. The molecule has 0 fully saturated rings. The summed E-state index contributed by atoms with van der Waals surface area (Å²) in [7, 11) is 0.